The quantitative estimate of drug-likeness (QED) is 0.691. The Labute approximate surface area is 151 Å². The largest absolute Gasteiger partial charge is 0.480 e. The Bertz CT molecular complexity index is 867. The molecule has 0 bridgehead atoms. The zero-order valence-corrected chi connectivity index (χ0v) is 13.9. The molecular formula is C18H15F4NO4. The molecule has 3 N–H and O–H groups in total. The van der Waals surface area contributed by atoms with Crippen molar-refractivity contribution in [2.24, 2.45) is 0 Å². The van der Waals surface area contributed by atoms with Gasteiger partial charge in [-0.05, 0) is 36.2 Å². The Morgan fingerprint density at radius 1 is 1.11 bits per heavy atom. The molecule has 0 unspecified atom stereocenters. The second-order valence-corrected chi connectivity index (χ2v) is 5.78. The molecule has 144 valence electrons. The Morgan fingerprint density at radius 2 is 1.74 bits per heavy atom. The molecule has 2 aromatic carbocycles. The molecule has 0 saturated heterocycles. The summed E-state index contributed by atoms with van der Waals surface area (Å²) < 4.78 is 52.3. The van der Waals surface area contributed by atoms with Gasteiger partial charge >= 0.3 is 12.1 Å². The molecule has 0 radical (unpaired) electrons. The van der Waals surface area contributed by atoms with Crippen LogP contribution in [0.5, 0.6) is 0 Å². The van der Waals surface area contributed by atoms with Crippen LogP contribution in [0.1, 0.15) is 33.2 Å². The van der Waals surface area contributed by atoms with Gasteiger partial charge in [0.15, 0.2) is 6.04 Å². The zero-order chi connectivity index (χ0) is 20.4. The van der Waals surface area contributed by atoms with Crippen molar-refractivity contribution in [3.8, 4) is 0 Å². The number of carbonyl (C=O) groups excluding carboxylic acids is 1. The molecule has 9 heteroatoms. The molecular weight excluding hydrogens is 370 g/mol. The first-order valence-corrected chi connectivity index (χ1v) is 7.66. The van der Waals surface area contributed by atoms with Crippen molar-refractivity contribution in [2.45, 2.75) is 25.2 Å². The minimum Gasteiger partial charge on any atom is -0.480 e. The SMILES string of the molecule is Cc1ccccc1[C@@H](O)[C@H](NC(=O)c1ccc(F)cc1C(F)(F)F)C(=O)O. The van der Waals surface area contributed by atoms with E-state index in [1.165, 1.54) is 12.1 Å². The lowest BCUT2D eigenvalue weighted by Gasteiger charge is -2.23. The van der Waals surface area contributed by atoms with E-state index < -0.39 is 47.1 Å². The predicted octanol–water partition coefficient (Wildman–Crippen LogP) is 3.07. The molecule has 2 rings (SSSR count). The molecule has 27 heavy (non-hydrogen) atoms. The number of nitrogens with one attached hydrogen (secondary N) is 1. The molecule has 0 saturated carbocycles. The molecule has 0 aliphatic rings. The zero-order valence-electron chi connectivity index (χ0n) is 13.9. The lowest BCUT2D eigenvalue weighted by molar-refractivity contribution is -0.142. The van der Waals surface area contributed by atoms with Crippen molar-refractivity contribution >= 4 is 11.9 Å². The van der Waals surface area contributed by atoms with E-state index in [0.717, 1.165) is 0 Å². The van der Waals surface area contributed by atoms with E-state index in [4.69, 9.17) is 0 Å². The van der Waals surface area contributed by atoms with Gasteiger partial charge in [-0.25, -0.2) is 9.18 Å². The van der Waals surface area contributed by atoms with E-state index in [-0.39, 0.29) is 11.6 Å². The summed E-state index contributed by atoms with van der Waals surface area (Å²) in [7, 11) is 0. The number of carboxylic acid groups (broad SMARTS) is 1. The average molecular weight is 385 g/mol. The topological polar surface area (TPSA) is 86.6 Å². The van der Waals surface area contributed by atoms with Gasteiger partial charge in [0.2, 0.25) is 0 Å². The van der Waals surface area contributed by atoms with Crippen molar-refractivity contribution < 1.29 is 37.4 Å². The van der Waals surface area contributed by atoms with E-state index in [2.05, 4.69) is 0 Å². The molecule has 0 spiro atoms. The number of rotatable bonds is 5. The number of hydrogen-bond donors (Lipinski definition) is 3. The van der Waals surface area contributed by atoms with Gasteiger partial charge in [-0.15, -0.1) is 0 Å². The van der Waals surface area contributed by atoms with Crippen LogP contribution in [-0.2, 0) is 11.0 Å². The molecule has 0 aromatic heterocycles. The summed E-state index contributed by atoms with van der Waals surface area (Å²) in [6.45, 7) is 1.60. The van der Waals surface area contributed by atoms with Crippen molar-refractivity contribution in [3.05, 3.63) is 70.5 Å². The number of benzene rings is 2. The molecule has 2 aromatic rings. The maximum Gasteiger partial charge on any atom is 0.417 e. The van der Waals surface area contributed by atoms with Crippen molar-refractivity contribution in [2.75, 3.05) is 0 Å². The normalized spacial score (nSPS) is 13.7. The molecule has 0 aliphatic heterocycles. The van der Waals surface area contributed by atoms with E-state index in [1.807, 2.05) is 5.32 Å². The molecule has 0 aliphatic carbocycles. The molecule has 5 nitrogen and oxygen atoms in total. The fourth-order valence-corrected chi connectivity index (χ4v) is 2.54. The predicted molar refractivity (Wildman–Crippen MR) is 86.4 cm³/mol. The Kier molecular flexibility index (Phi) is 5.85. The van der Waals surface area contributed by atoms with E-state index >= 15 is 0 Å². The average Bonchev–Trinajstić information content (AvgIpc) is 2.58. The summed E-state index contributed by atoms with van der Waals surface area (Å²) in [4.78, 5) is 23.7. The number of carbonyl (C=O) groups is 2. The van der Waals surface area contributed by atoms with Crippen LogP contribution in [0.25, 0.3) is 0 Å². The fourth-order valence-electron chi connectivity index (χ4n) is 2.54. The summed E-state index contributed by atoms with van der Waals surface area (Å²) in [5.41, 5.74) is -1.77. The number of alkyl halides is 3. The number of aliphatic carboxylic acids is 1. The molecule has 1 amide bonds. The fraction of sp³-hybridized carbons (Fsp3) is 0.222. The molecule has 0 fully saturated rings. The first-order valence-electron chi connectivity index (χ1n) is 7.66. The Balaban J connectivity index is 2.37. The van der Waals surface area contributed by atoms with Gasteiger partial charge in [-0.3, -0.25) is 4.79 Å². The minimum absolute atomic E-state index is 0.141. The van der Waals surface area contributed by atoms with Gasteiger partial charge in [0.1, 0.15) is 11.9 Å². The highest BCUT2D eigenvalue weighted by molar-refractivity contribution is 5.98. The van der Waals surface area contributed by atoms with Gasteiger partial charge in [-0.1, -0.05) is 24.3 Å². The van der Waals surface area contributed by atoms with Gasteiger partial charge in [0.05, 0.1) is 11.1 Å². The first kappa shape index (κ1) is 20.4. The van der Waals surface area contributed by atoms with Crippen LogP contribution in [0.15, 0.2) is 42.5 Å². The van der Waals surface area contributed by atoms with Crippen LogP contribution in [0, 0.1) is 12.7 Å². The smallest absolute Gasteiger partial charge is 0.417 e. The monoisotopic (exact) mass is 385 g/mol. The van der Waals surface area contributed by atoms with Gasteiger partial charge in [0, 0.05) is 0 Å². The highest BCUT2D eigenvalue weighted by atomic mass is 19.4. The first-order chi connectivity index (χ1) is 12.5. The number of aliphatic hydroxyl groups is 1. The van der Waals surface area contributed by atoms with Gasteiger partial charge in [-0.2, -0.15) is 13.2 Å². The van der Waals surface area contributed by atoms with Crippen LogP contribution < -0.4 is 5.32 Å². The number of hydrogen-bond acceptors (Lipinski definition) is 3. The second kappa shape index (κ2) is 7.75. The maximum absolute atomic E-state index is 13.2. The maximum atomic E-state index is 13.2. The van der Waals surface area contributed by atoms with E-state index in [9.17, 15) is 37.4 Å². The highest BCUT2D eigenvalue weighted by Crippen LogP contribution is 2.32. The van der Waals surface area contributed by atoms with Crippen molar-refractivity contribution in [3.63, 3.8) is 0 Å². The van der Waals surface area contributed by atoms with Crippen molar-refractivity contribution in [1.29, 1.82) is 0 Å². The molecule has 0 heterocycles. The summed E-state index contributed by atoms with van der Waals surface area (Å²) >= 11 is 0. The van der Waals surface area contributed by atoms with Crippen molar-refractivity contribution in [1.82, 2.24) is 5.32 Å². The third kappa shape index (κ3) is 4.62. The van der Waals surface area contributed by atoms with Crippen LogP contribution >= 0.6 is 0 Å². The van der Waals surface area contributed by atoms with Crippen LogP contribution in [0.3, 0.4) is 0 Å². The minimum atomic E-state index is -5.03. The third-order valence-corrected chi connectivity index (χ3v) is 3.91. The van der Waals surface area contributed by atoms with E-state index in [0.29, 0.717) is 17.7 Å². The van der Waals surface area contributed by atoms with Crippen LogP contribution in [-0.4, -0.2) is 28.1 Å². The lowest BCUT2D eigenvalue weighted by atomic mass is 9.97. The summed E-state index contributed by atoms with van der Waals surface area (Å²) in [5.74, 6) is -4.24. The van der Waals surface area contributed by atoms with Gasteiger partial charge in [0.25, 0.3) is 5.91 Å². The number of aliphatic hydroxyl groups excluding tert-OH is 1. The number of aryl methyl sites for hydroxylation is 1. The Hall–Kier alpha value is -2.94. The number of carboxylic acids is 1. The highest BCUT2D eigenvalue weighted by Gasteiger charge is 2.37. The van der Waals surface area contributed by atoms with Gasteiger partial charge < -0.3 is 15.5 Å². The van der Waals surface area contributed by atoms with Crippen LogP contribution in [0.4, 0.5) is 17.6 Å². The standard InChI is InChI=1S/C18H15F4NO4/c1-9-4-2-3-5-11(9)15(24)14(17(26)27)23-16(25)12-7-6-10(19)8-13(12)18(20,21)22/h2-8,14-15,24H,1H3,(H,23,25)(H,26,27)/t14-,15+/m0/s1. The third-order valence-electron chi connectivity index (χ3n) is 3.91. The lowest BCUT2D eigenvalue weighted by Crippen LogP contribution is -2.45. The second-order valence-electron chi connectivity index (χ2n) is 5.78. The Morgan fingerprint density at radius 3 is 2.30 bits per heavy atom. The number of amides is 1. The summed E-state index contributed by atoms with van der Waals surface area (Å²) in [6, 6.07) is 5.70. The summed E-state index contributed by atoms with van der Waals surface area (Å²) in [5, 5.41) is 21.5. The molecule has 2 atom stereocenters. The summed E-state index contributed by atoms with van der Waals surface area (Å²) in [6.07, 6.45) is -6.73. The van der Waals surface area contributed by atoms with E-state index in [1.54, 1.807) is 19.1 Å². The van der Waals surface area contributed by atoms with Crippen LogP contribution in [0.2, 0.25) is 0 Å². The number of halogens is 4.